The number of hydrogen-bond acceptors (Lipinski definition) is 2. The lowest BCUT2D eigenvalue weighted by Gasteiger charge is -2.12. The lowest BCUT2D eigenvalue weighted by atomic mass is 10.1. The third kappa shape index (κ3) is 3.85. The summed E-state index contributed by atoms with van der Waals surface area (Å²) in [6.45, 7) is 2.72. The second-order valence-electron chi connectivity index (χ2n) is 4.40. The number of hydrogen-bond donors (Lipinski definition) is 3. The van der Waals surface area contributed by atoms with Gasteiger partial charge < -0.3 is 15.7 Å². The molecule has 0 atom stereocenters. The van der Waals surface area contributed by atoms with Crippen molar-refractivity contribution in [3.05, 3.63) is 58.6 Å². The van der Waals surface area contributed by atoms with Crippen molar-refractivity contribution in [2.75, 3.05) is 5.32 Å². The number of benzene rings is 2. The summed E-state index contributed by atoms with van der Waals surface area (Å²) in [7, 11) is 0. The highest BCUT2D eigenvalue weighted by Gasteiger charge is 2.03. The standard InChI is InChI=1S/C15H15ClN2OS/c1-10-4-2-3-5-11(10)9-17-15(20)18-12-6-7-14(19)13(16)8-12/h2-8,19H,9H2,1H3,(H2,17,18,20). The molecule has 2 aromatic carbocycles. The van der Waals surface area contributed by atoms with Crippen LogP contribution in [0.1, 0.15) is 11.1 Å². The van der Waals surface area contributed by atoms with Gasteiger partial charge in [-0.05, 0) is 48.5 Å². The quantitative estimate of drug-likeness (QED) is 0.595. The smallest absolute Gasteiger partial charge is 0.171 e. The van der Waals surface area contributed by atoms with Crippen LogP contribution in [0.3, 0.4) is 0 Å². The third-order valence-electron chi connectivity index (χ3n) is 2.91. The molecule has 0 aromatic heterocycles. The minimum Gasteiger partial charge on any atom is -0.506 e. The number of phenols is 1. The fourth-order valence-corrected chi connectivity index (χ4v) is 2.11. The van der Waals surface area contributed by atoms with Crippen LogP contribution in [0.25, 0.3) is 0 Å². The zero-order valence-electron chi connectivity index (χ0n) is 11.0. The van der Waals surface area contributed by atoms with Crippen molar-refractivity contribution < 1.29 is 5.11 Å². The zero-order valence-corrected chi connectivity index (χ0v) is 12.6. The minimum atomic E-state index is 0.0519. The topological polar surface area (TPSA) is 44.3 Å². The van der Waals surface area contributed by atoms with E-state index in [1.54, 1.807) is 12.1 Å². The molecule has 3 N–H and O–H groups in total. The molecule has 0 heterocycles. The van der Waals surface area contributed by atoms with Gasteiger partial charge in [0.25, 0.3) is 0 Å². The van der Waals surface area contributed by atoms with Crippen LogP contribution in [-0.4, -0.2) is 10.2 Å². The number of rotatable bonds is 3. The molecule has 20 heavy (non-hydrogen) atoms. The molecule has 0 saturated heterocycles. The van der Waals surface area contributed by atoms with E-state index >= 15 is 0 Å². The van der Waals surface area contributed by atoms with Gasteiger partial charge in [0.05, 0.1) is 5.02 Å². The summed E-state index contributed by atoms with van der Waals surface area (Å²) in [6.07, 6.45) is 0. The lowest BCUT2D eigenvalue weighted by molar-refractivity contribution is 0.475. The molecular weight excluding hydrogens is 292 g/mol. The van der Waals surface area contributed by atoms with Crippen molar-refractivity contribution in [1.29, 1.82) is 0 Å². The highest BCUT2D eigenvalue weighted by atomic mass is 35.5. The summed E-state index contributed by atoms with van der Waals surface area (Å²) in [5.74, 6) is 0.0519. The Labute approximate surface area is 128 Å². The predicted molar refractivity (Wildman–Crippen MR) is 87.4 cm³/mol. The van der Waals surface area contributed by atoms with Crippen LogP contribution in [0.15, 0.2) is 42.5 Å². The molecule has 5 heteroatoms. The van der Waals surface area contributed by atoms with Crippen LogP contribution in [-0.2, 0) is 6.54 Å². The third-order valence-corrected chi connectivity index (χ3v) is 3.46. The molecule has 0 unspecified atom stereocenters. The van der Waals surface area contributed by atoms with Gasteiger partial charge in [-0.3, -0.25) is 0 Å². The monoisotopic (exact) mass is 306 g/mol. The van der Waals surface area contributed by atoms with Crippen LogP contribution in [0.5, 0.6) is 5.75 Å². The lowest BCUT2D eigenvalue weighted by Crippen LogP contribution is -2.28. The molecule has 0 amide bonds. The van der Waals surface area contributed by atoms with Crippen LogP contribution < -0.4 is 10.6 Å². The van der Waals surface area contributed by atoms with E-state index in [0.29, 0.717) is 11.7 Å². The molecule has 2 aromatic rings. The first kappa shape index (κ1) is 14.6. The number of anilines is 1. The Kier molecular flexibility index (Phi) is 4.82. The molecule has 3 nitrogen and oxygen atoms in total. The van der Waals surface area contributed by atoms with Gasteiger partial charge in [0, 0.05) is 12.2 Å². The van der Waals surface area contributed by atoms with Gasteiger partial charge in [-0.25, -0.2) is 0 Å². The second-order valence-corrected chi connectivity index (χ2v) is 5.22. The predicted octanol–water partition coefficient (Wildman–Crippen LogP) is 3.84. The first-order chi connectivity index (χ1) is 9.56. The minimum absolute atomic E-state index is 0.0519. The summed E-state index contributed by atoms with van der Waals surface area (Å²) >= 11 is 11.1. The molecular formula is C15H15ClN2OS. The Morgan fingerprint density at radius 3 is 2.70 bits per heavy atom. The van der Waals surface area contributed by atoms with E-state index < -0.39 is 0 Å². The van der Waals surface area contributed by atoms with Crippen molar-refractivity contribution >= 4 is 34.6 Å². The summed E-state index contributed by atoms with van der Waals surface area (Å²) < 4.78 is 0. The molecule has 0 aliphatic rings. The van der Waals surface area contributed by atoms with Gasteiger partial charge in [0.2, 0.25) is 0 Å². The number of aromatic hydroxyl groups is 1. The molecule has 2 rings (SSSR count). The molecule has 0 fully saturated rings. The van der Waals surface area contributed by atoms with Gasteiger partial charge in [0.15, 0.2) is 5.11 Å². The average Bonchev–Trinajstić information content (AvgIpc) is 2.42. The molecule has 0 bridgehead atoms. The van der Waals surface area contributed by atoms with Gasteiger partial charge in [-0.2, -0.15) is 0 Å². The summed E-state index contributed by atoms with van der Waals surface area (Å²) in [6, 6.07) is 13.0. The van der Waals surface area contributed by atoms with Crippen LogP contribution in [0.4, 0.5) is 5.69 Å². The Morgan fingerprint density at radius 1 is 1.25 bits per heavy atom. The van der Waals surface area contributed by atoms with Gasteiger partial charge in [-0.1, -0.05) is 35.9 Å². The van der Waals surface area contributed by atoms with Crippen molar-refractivity contribution in [2.45, 2.75) is 13.5 Å². The van der Waals surface area contributed by atoms with E-state index in [1.807, 2.05) is 12.1 Å². The van der Waals surface area contributed by atoms with E-state index in [4.69, 9.17) is 23.8 Å². The Balaban J connectivity index is 1.93. The molecule has 0 radical (unpaired) electrons. The fourth-order valence-electron chi connectivity index (χ4n) is 1.74. The SMILES string of the molecule is Cc1ccccc1CNC(=S)Nc1ccc(O)c(Cl)c1. The molecule has 0 saturated carbocycles. The Bertz CT molecular complexity index is 631. The molecule has 104 valence electrons. The van der Waals surface area contributed by atoms with E-state index in [1.165, 1.54) is 17.2 Å². The molecule has 0 aliphatic heterocycles. The Hall–Kier alpha value is -1.78. The van der Waals surface area contributed by atoms with E-state index in [2.05, 4.69) is 29.7 Å². The van der Waals surface area contributed by atoms with Crippen molar-refractivity contribution in [3.8, 4) is 5.75 Å². The van der Waals surface area contributed by atoms with Gasteiger partial charge in [0.1, 0.15) is 5.75 Å². The number of thiocarbonyl (C=S) groups is 1. The summed E-state index contributed by atoms with van der Waals surface area (Å²) in [5.41, 5.74) is 3.14. The number of aryl methyl sites for hydroxylation is 1. The van der Waals surface area contributed by atoms with Crippen LogP contribution in [0.2, 0.25) is 5.02 Å². The summed E-state index contributed by atoms with van der Waals surface area (Å²) in [5, 5.41) is 16.3. The maximum atomic E-state index is 9.35. The van der Waals surface area contributed by atoms with Gasteiger partial charge in [-0.15, -0.1) is 0 Å². The van der Waals surface area contributed by atoms with Crippen molar-refractivity contribution in [1.82, 2.24) is 5.32 Å². The largest absolute Gasteiger partial charge is 0.506 e. The van der Waals surface area contributed by atoms with Gasteiger partial charge >= 0.3 is 0 Å². The normalized spacial score (nSPS) is 10.1. The maximum Gasteiger partial charge on any atom is 0.171 e. The van der Waals surface area contributed by atoms with Crippen molar-refractivity contribution in [3.63, 3.8) is 0 Å². The van der Waals surface area contributed by atoms with E-state index in [9.17, 15) is 5.11 Å². The van der Waals surface area contributed by atoms with Crippen molar-refractivity contribution in [2.24, 2.45) is 0 Å². The number of phenolic OH excluding ortho intramolecular Hbond substituents is 1. The number of halogens is 1. The van der Waals surface area contributed by atoms with E-state index in [0.717, 1.165) is 5.69 Å². The first-order valence-corrected chi connectivity index (χ1v) is 6.93. The zero-order chi connectivity index (χ0) is 14.5. The second kappa shape index (κ2) is 6.59. The average molecular weight is 307 g/mol. The highest BCUT2D eigenvalue weighted by molar-refractivity contribution is 7.80. The highest BCUT2D eigenvalue weighted by Crippen LogP contribution is 2.25. The maximum absolute atomic E-state index is 9.35. The van der Waals surface area contributed by atoms with E-state index in [-0.39, 0.29) is 10.8 Å². The number of nitrogens with one attached hydrogen (secondary N) is 2. The van der Waals surface area contributed by atoms with Crippen LogP contribution >= 0.6 is 23.8 Å². The first-order valence-electron chi connectivity index (χ1n) is 6.14. The molecule has 0 spiro atoms. The van der Waals surface area contributed by atoms with Crippen LogP contribution in [0, 0.1) is 6.92 Å². The fraction of sp³-hybridized carbons (Fsp3) is 0.133. The Morgan fingerprint density at radius 2 is 2.00 bits per heavy atom. The summed E-state index contributed by atoms with van der Waals surface area (Å²) in [4.78, 5) is 0. The molecule has 0 aliphatic carbocycles.